The summed E-state index contributed by atoms with van der Waals surface area (Å²) < 4.78 is 42.4. The van der Waals surface area contributed by atoms with Crippen LogP contribution >= 0.6 is 34.8 Å². The van der Waals surface area contributed by atoms with E-state index in [1.807, 2.05) is 0 Å². The molecule has 1 unspecified atom stereocenters. The first-order chi connectivity index (χ1) is 14.6. The van der Waals surface area contributed by atoms with E-state index in [2.05, 4.69) is 10.5 Å². The van der Waals surface area contributed by atoms with Gasteiger partial charge in [-0.05, 0) is 23.8 Å². The maximum absolute atomic E-state index is 14.1. The van der Waals surface area contributed by atoms with Gasteiger partial charge in [0.2, 0.25) is 5.91 Å². The van der Waals surface area contributed by atoms with E-state index in [1.54, 1.807) is 18.2 Å². The van der Waals surface area contributed by atoms with Gasteiger partial charge >= 0.3 is 6.18 Å². The van der Waals surface area contributed by atoms with Gasteiger partial charge in [-0.15, -0.1) is 0 Å². The van der Waals surface area contributed by atoms with E-state index in [1.165, 1.54) is 12.1 Å². The molecule has 0 aliphatic carbocycles. The van der Waals surface area contributed by atoms with Crippen LogP contribution in [0.25, 0.3) is 0 Å². The molecule has 31 heavy (non-hydrogen) atoms. The molecule has 1 aliphatic rings. The highest BCUT2D eigenvalue weighted by Gasteiger charge is 2.62. The fourth-order valence-electron chi connectivity index (χ4n) is 3.10. The lowest BCUT2D eigenvalue weighted by atomic mass is 9.86. The van der Waals surface area contributed by atoms with Crippen LogP contribution in [0.3, 0.4) is 0 Å². The third kappa shape index (κ3) is 4.74. The number of amides is 1. The van der Waals surface area contributed by atoms with Gasteiger partial charge in [0.05, 0.1) is 23.2 Å². The second kappa shape index (κ2) is 8.95. The molecular weight excluding hydrogens is 478 g/mol. The van der Waals surface area contributed by atoms with Crippen molar-refractivity contribution in [2.24, 2.45) is 5.16 Å². The molecule has 0 spiro atoms. The Bertz CT molecular complexity index is 1080. The maximum atomic E-state index is 14.1. The van der Waals surface area contributed by atoms with Gasteiger partial charge in [0.15, 0.2) is 0 Å². The van der Waals surface area contributed by atoms with E-state index < -0.39 is 24.1 Å². The lowest BCUT2D eigenvalue weighted by Gasteiger charge is -2.29. The van der Waals surface area contributed by atoms with Crippen molar-refractivity contribution in [3.05, 3.63) is 68.2 Å². The molecule has 1 amide bonds. The highest BCUT2D eigenvalue weighted by atomic mass is 35.5. The van der Waals surface area contributed by atoms with Crippen LogP contribution < -0.4 is 5.32 Å². The fourth-order valence-corrected chi connectivity index (χ4v) is 3.93. The minimum absolute atomic E-state index is 0.00433. The van der Waals surface area contributed by atoms with Crippen molar-refractivity contribution in [2.45, 2.75) is 31.2 Å². The molecule has 0 saturated carbocycles. The van der Waals surface area contributed by atoms with Crippen molar-refractivity contribution in [3.63, 3.8) is 0 Å². The topological polar surface area (TPSA) is 74.5 Å². The van der Waals surface area contributed by atoms with Crippen LogP contribution in [0.2, 0.25) is 15.1 Å². The summed E-state index contributed by atoms with van der Waals surface area (Å²) in [4.78, 5) is 16.5. The highest BCUT2D eigenvalue weighted by Crippen LogP contribution is 2.50. The summed E-state index contributed by atoms with van der Waals surface area (Å²) in [5, 5.41) is 14.9. The van der Waals surface area contributed by atoms with E-state index in [9.17, 15) is 18.0 Å². The molecule has 0 radical (unpaired) electrons. The average Bonchev–Trinajstić information content (AvgIpc) is 3.13. The predicted molar refractivity (Wildman–Crippen MR) is 110 cm³/mol. The Labute approximate surface area is 190 Å². The van der Waals surface area contributed by atoms with Crippen LogP contribution in [0.15, 0.2) is 41.6 Å². The number of rotatable bonds is 5. The molecule has 3 rings (SSSR count). The lowest BCUT2D eigenvalue weighted by Crippen LogP contribution is -2.42. The van der Waals surface area contributed by atoms with Crippen molar-refractivity contribution in [1.29, 1.82) is 5.26 Å². The molecule has 2 aromatic carbocycles. The zero-order valence-electron chi connectivity index (χ0n) is 15.6. The molecule has 0 fully saturated rings. The number of nitriles is 1. The van der Waals surface area contributed by atoms with Crippen molar-refractivity contribution in [2.75, 3.05) is 0 Å². The number of hydrogen-bond donors (Lipinski definition) is 1. The van der Waals surface area contributed by atoms with Crippen LogP contribution in [-0.4, -0.2) is 17.8 Å². The third-order valence-corrected chi connectivity index (χ3v) is 5.50. The molecule has 1 heterocycles. The smallest absolute Gasteiger partial charge is 0.374 e. The Kier molecular flexibility index (Phi) is 6.70. The van der Waals surface area contributed by atoms with Gasteiger partial charge in [0, 0.05) is 27.7 Å². The summed E-state index contributed by atoms with van der Waals surface area (Å²) >= 11 is 18.2. The number of halogens is 6. The molecule has 11 heteroatoms. The zero-order chi connectivity index (χ0) is 22.8. The number of hydrogen-bond acceptors (Lipinski definition) is 4. The predicted octanol–water partition coefficient (Wildman–Crippen LogP) is 5.76. The maximum Gasteiger partial charge on any atom is 0.435 e. The average molecular weight is 491 g/mol. The number of carbonyl (C=O) groups excluding carboxylic acids is 1. The molecule has 0 aromatic heterocycles. The first kappa shape index (κ1) is 23.2. The SMILES string of the molecule is N#CCC(=O)NCc1cccc(C2=NOC(c3cc(Cl)cc(Cl)c3)(C(F)(F)F)C2)c1Cl. The summed E-state index contributed by atoms with van der Waals surface area (Å²) in [5.74, 6) is -0.501. The number of benzene rings is 2. The van der Waals surface area contributed by atoms with Gasteiger partial charge in [-0.2, -0.15) is 18.4 Å². The van der Waals surface area contributed by atoms with Gasteiger partial charge in [0.25, 0.3) is 5.60 Å². The van der Waals surface area contributed by atoms with Crippen molar-refractivity contribution >= 4 is 46.4 Å². The number of carbonyl (C=O) groups is 1. The Hall–Kier alpha value is -2.47. The second-order valence-electron chi connectivity index (χ2n) is 6.68. The molecule has 162 valence electrons. The number of nitrogens with one attached hydrogen (secondary N) is 1. The van der Waals surface area contributed by atoms with E-state index >= 15 is 0 Å². The quantitative estimate of drug-likeness (QED) is 0.579. The van der Waals surface area contributed by atoms with E-state index in [4.69, 9.17) is 44.9 Å². The first-order valence-corrected chi connectivity index (χ1v) is 9.90. The second-order valence-corrected chi connectivity index (χ2v) is 7.93. The van der Waals surface area contributed by atoms with E-state index in [0.717, 1.165) is 12.1 Å². The van der Waals surface area contributed by atoms with Crippen molar-refractivity contribution in [1.82, 2.24) is 5.32 Å². The van der Waals surface area contributed by atoms with Crippen molar-refractivity contribution < 1.29 is 22.8 Å². The molecule has 1 aliphatic heterocycles. The lowest BCUT2D eigenvalue weighted by molar-refractivity contribution is -0.275. The summed E-state index contributed by atoms with van der Waals surface area (Å²) in [6.07, 6.45) is -5.81. The Morgan fingerprint density at radius 1 is 1.23 bits per heavy atom. The van der Waals surface area contributed by atoms with Gasteiger partial charge in [0.1, 0.15) is 6.42 Å². The van der Waals surface area contributed by atoms with Gasteiger partial charge in [-0.1, -0.05) is 58.2 Å². The highest BCUT2D eigenvalue weighted by molar-refractivity contribution is 6.35. The van der Waals surface area contributed by atoms with E-state index in [0.29, 0.717) is 5.56 Å². The largest absolute Gasteiger partial charge is 0.435 e. The van der Waals surface area contributed by atoms with Gasteiger partial charge in [-0.25, -0.2) is 0 Å². The summed E-state index contributed by atoms with van der Waals surface area (Å²) in [6.45, 7) is -0.00433. The van der Waals surface area contributed by atoms with Gasteiger partial charge in [-0.3, -0.25) is 4.79 Å². The monoisotopic (exact) mass is 489 g/mol. The molecule has 1 atom stereocenters. The van der Waals surface area contributed by atoms with E-state index in [-0.39, 0.29) is 44.9 Å². The third-order valence-electron chi connectivity index (χ3n) is 4.62. The first-order valence-electron chi connectivity index (χ1n) is 8.77. The van der Waals surface area contributed by atoms with Crippen LogP contribution in [0.1, 0.15) is 29.5 Å². The summed E-state index contributed by atoms with van der Waals surface area (Å²) in [5.41, 5.74) is -2.41. The normalized spacial score (nSPS) is 18.2. The van der Waals surface area contributed by atoms with Crippen LogP contribution in [0.5, 0.6) is 0 Å². The Morgan fingerprint density at radius 3 is 2.52 bits per heavy atom. The molecule has 0 saturated heterocycles. The number of oxime groups is 1. The molecule has 5 nitrogen and oxygen atoms in total. The van der Waals surface area contributed by atoms with Crippen LogP contribution in [-0.2, 0) is 21.8 Å². The zero-order valence-corrected chi connectivity index (χ0v) is 17.8. The summed E-state index contributed by atoms with van der Waals surface area (Å²) in [6, 6.07) is 9.95. The van der Waals surface area contributed by atoms with Crippen molar-refractivity contribution in [3.8, 4) is 6.07 Å². The minimum atomic E-state index is -4.83. The van der Waals surface area contributed by atoms with Gasteiger partial charge < -0.3 is 10.2 Å². The fraction of sp³-hybridized carbons (Fsp3) is 0.250. The number of alkyl halides is 3. The Balaban J connectivity index is 1.93. The molecule has 1 N–H and O–H groups in total. The standard InChI is InChI=1S/C20H13Cl3F3N3O2/c21-13-6-12(7-14(22)8-13)19(20(24,25)26)9-16(29-31-19)15-3-1-2-11(18(15)23)10-28-17(30)4-5-27/h1-3,6-8H,4,9-10H2,(H,28,30). The van der Waals surface area contributed by atoms with Crippen LogP contribution in [0.4, 0.5) is 13.2 Å². The molecule has 0 bridgehead atoms. The number of nitrogens with zero attached hydrogens (tertiary/aromatic N) is 2. The minimum Gasteiger partial charge on any atom is -0.374 e. The molecular formula is C20H13Cl3F3N3O2. The Morgan fingerprint density at radius 2 is 1.90 bits per heavy atom. The van der Waals surface area contributed by atoms with Crippen LogP contribution in [0, 0.1) is 11.3 Å². The molecule has 2 aromatic rings. The summed E-state index contributed by atoms with van der Waals surface area (Å²) in [7, 11) is 0.